The summed E-state index contributed by atoms with van der Waals surface area (Å²) in [5.74, 6) is 6.36. The minimum atomic E-state index is -0.261. The summed E-state index contributed by atoms with van der Waals surface area (Å²) in [6.45, 7) is 1.06. The quantitative estimate of drug-likeness (QED) is 0.648. The molecule has 0 aromatic heterocycles. The normalized spacial score (nSPS) is 17.2. The number of carbonyl (C=O) groups is 1. The molecule has 2 amide bonds. The average Bonchev–Trinajstić information content (AvgIpc) is 2.89. The molecule has 6 heteroatoms. The van der Waals surface area contributed by atoms with E-state index in [1.165, 1.54) is 17.1 Å². The lowest BCUT2D eigenvalue weighted by Gasteiger charge is -2.23. The van der Waals surface area contributed by atoms with Crippen molar-refractivity contribution >= 4 is 6.03 Å². The van der Waals surface area contributed by atoms with Crippen molar-refractivity contribution in [3.8, 4) is 5.75 Å². The second-order valence-corrected chi connectivity index (χ2v) is 6.21. The van der Waals surface area contributed by atoms with Crippen LogP contribution in [0.3, 0.4) is 0 Å². The van der Waals surface area contributed by atoms with Gasteiger partial charge in [-0.15, -0.1) is 0 Å². The van der Waals surface area contributed by atoms with Crippen LogP contribution in [0.5, 0.6) is 5.75 Å². The van der Waals surface area contributed by atoms with Crippen LogP contribution >= 0.6 is 0 Å². The molecule has 1 saturated heterocycles. The Balaban J connectivity index is 1.65. The molecule has 25 heavy (non-hydrogen) atoms. The van der Waals surface area contributed by atoms with Gasteiger partial charge in [-0.3, -0.25) is 5.01 Å². The highest BCUT2D eigenvalue weighted by atomic mass is 19.1. The van der Waals surface area contributed by atoms with Crippen molar-refractivity contribution in [2.45, 2.75) is 18.9 Å². The van der Waals surface area contributed by atoms with E-state index in [1.807, 2.05) is 24.3 Å². The van der Waals surface area contributed by atoms with E-state index in [9.17, 15) is 9.18 Å². The first-order valence-corrected chi connectivity index (χ1v) is 8.27. The van der Waals surface area contributed by atoms with Crippen molar-refractivity contribution in [2.24, 2.45) is 5.84 Å². The first-order chi connectivity index (χ1) is 12.1. The van der Waals surface area contributed by atoms with E-state index < -0.39 is 0 Å². The standard InChI is InChI=1S/C19H22FN3O2/c1-25-18-8-4-14(5-9-18)10-11-22-17(13-23(21)19(22)24)12-15-2-6-16(20)7-3-15/h2-9,17H,10-13,21H2,1H3. The minimum absolute atomic E-state index is 0.0128. The van der Waals surface area contributed by atoms with E-state index in [0.717, 1.165) is 23.3 Å². The van der Waals surface area contributed by atoms with Crippen molar-refractivity contribution in [3.05, 3.63) is 65.5 Å². The lowest BCUT2D eigenvalue weighted by Crippen LogP contribution is -2.39. The SMILES string of the molecule is COc1ccc(CCN2C(=O)N(N)CC2Cc2ccc(F)cc2)cc1. The molecular weight excluding hydrogens is 321 g/mol. The van der Waals surface area contributed by atoms with Crippen LogP contribution in [0.2, 0.25) is 0 Å². The number of rotatable bonds is 6. The molecule has 5 nitrogen and oxygen atoms in total. The van der Waals surface area contributed by atoms with Gasteiger partial charge in [-0.1, -0.05) is 24.3 Å². The number of urea groups is 1. The zero-order valence-corrected chi connectivity index (χ0v) is 14.2. The van der Waals surface area contributed by atoms with Crippen LogP contribution in [0.15, 0.2) is 48.5 Å². The van der Waals surface area contributed by atoms with E-state index in [1.54, 1.807) is 24.1 Å². The molecule has 0 aliphatic carbocycles. The number of benzene rings is 2. The zero-order chi connectivity index (χ0) is 17.8. The maximum Gasteiger partial charge on any atom is 0.334 e. The summed E-state index contributed by atoms with van der Waals surface area (Å²) in [5, 5.41) is 1.25. The van der Waals surface area contributed by atoms with Crippen LogP contribution in [0.1, 0.15) is 11.1 Å². The zero-order valence-electron chi connectivity index (χ0n) is 14.2. The Morgan fingerprint density at radius 1 is 1.12 bits per heavy atom. The third-order valence-electron chi connectivity index (χ3n) is 4.52. The number of hydrogen-bond acceptors (Lipinski definition) is 3. The first-order valence-electron chi connectivity index (χ1n) is 8.27. The van der Waals surface area contributed by atoms with Crippen molar-refractivity contribution in [1.82, 2.24) is 9.91 Å². The number of ether oxygens (including phenoxy) is 1. The Kier molecular flexibility index (Phi) is 5.19. The molecule has 2 aromatic rings. The Hall–Kier alpha value is -2.60. The third-order valence-corrected chi connectivity index (χ3v) is 4.52. The summed E-state index contributed by atoms with van der Waals surface area (Å²) in [4.78, 5) is 14.1. The maximum absolute atomic E-state index is 13.1. The van der Waals surface area contributed by atoms with Gasteiger partial charge in [-0.05, 0) is 48.2 Å². The number of methoxy groups -OCH3 is 1. The molecule has 132 valence electrons. The number of nitrogens with zero attached hydrogens (tertiary/aromatic N) is 2. The highest BCUT2D eigenvalue weighted by molar-refractivity contribution is 5.76. The summed E-state index contributed by atoms with van der Waals surface area (Å²) in [6, 6.07) is 14.0. The number of amides is 2. The molecule has 0 saturated carbocycles. The topological polar surface area (TPSA) is 58.8 Å². The average molecular weight is 343 g/mol. The molecule has 0 spiro atoms. The molecule has 1 atom stereocenters. The first kappa shape index (κ1) is 17.2. The number of carbonyl (C=O) groups excluding carboxylic acids is 1. The van der Waals surface area contributed by atoms with Gasteiger partial charge < -0.3 is 9.64 Å². The largest absolute Gasteiger partial charge is 0.497 e. The molecule has 3 rings (SSSR count). The van der Waals surface area contributed by atoms with Crippen molar-refractivity contribution < 1.29 is 13.9 Å². The summed E-state index contributed by atoms with van der Waals surface area (Å²) in [6.07, 6.45) is 1.39. The Morgan fingerprint density at radius 3 is 2.40 bits per heavy atom. The molecule has 1 heterocycles. The third kappa shape index (κ3) is 4.09. The highest BCUT2D eigenvalue weighted by Crippen LogP contribution is 2.19. The Bertz CT molecular complexity index is 718. The van der Waals surface area contributed by atoms with Crippen molar-refractivity contribution in [2.75, 3.05) is 20.2 Å². The predicted molar refractivity (Wildman–Crippen MR) is 93.6 cm³/mol. The van der Waals surface area contributed by atoms with E-state index in [-0.39, 0.29) is 17.9 Å². The van der Waals surface area contributed by atoms with Gasteiger partial charge in [0.2, 0.25) is 0 Å². The second kappa shape index (κ2) is 7.53. The fraction of sp³-hybridized carbons (Fsp3) is 0.316. The van der Waals surface area contributed by atoms with Crippen LogP contribution in [-0.4, -0.2) is 42.2 Å². The van der Waals surface area contributed by atoms with Crippen molar-refractivity contribution in [1.29, 1.82) is 0 Å². The smallest absolute Gasteiger partial charge is 0.334 e. The predicted octanol–water partition coefficient (Wildman–Crippen LogP) is 2.60. The maximum atomic E-state index is 13.1. The number of halogens is 1. The second-order valence-electron chi connectivity index (χ2n) is 6.21. The van der Waals surface area contributed by atoms with Crippen LogP contribution < -0.4 is 10.6 Å². The van der Waals surface area contributed by atoms with Gasteiger partial charge >= 0.3 is 6.03 Å². The van der Waals surface area contributed by atoms with Gasteiger partial charge in [-0.2, -0.15) is 0 Å². The molecule has 2 aromatic carbocycles. The molecule has 2 N–H and O–H groups in total. The number of nitrogens with two attached hydrogens (primary N) is 1. The summed E-state index contributed by atoms with van der Waals surface area (Å²) in [7, 11) is 1.63. The summed E-state index contributed by atoms with van der Waals surface area (Å²) in [5.41, 5.74) is 2.12. The Labute approximate surface area is 146 Å². The van der Waals surface area contributed by atoms with Gasteiger partial charge in [0.15, 0.2) is 0 Å². The van der Waals surface area contributed by atoms with E-state index in [2.05, 4.69) is 0 Å². The van der Waals surface area contributed by atoms with Crippen LogP contribution in [0, 0.1) is 5.82 Å². The molecule has 1 fully saturated rings. The fourth-order valence-electron chi connectivity index (χ4n) is 3.11. The monoisotopic (exact) mass is 343 g/mol. The van der Waals surface area contributed by atoms with Crippen LogP contribution in [0.25, 0.3) is 0 Å². The molecule has 0 bridgehead atoms. The van der Waals surface area contributed by atoms with Gasteiger partial charge in [0.25, 0.3) is 0 Å². The summed E-state index contributed by atoms with van der Waals surface area (Å²) < 4.78 is 18.2. The highest BCUT2D eigenvalue weighted by Gasteiger charge is 2.35. The molecule has 1 aliphatic heterocycles. The lowest BCUT2D eigenvalue weighted by molar-refractivity contribution is 0.187. The van der Waals surface area contributed by atoms with Crippen LogP contribution in [0.4, 0.5) is 9.18 Å². The Morgan fingerprint density at radius 2 is 1.76 bits per heavy atom. The van der Waals surface area contributed by atoms with Gasteiger partial charge in [0.05, 0.1) is 19.7 Å². The van der Waals surface area contributed by atoms with Gasteiger partial charge in [-0.25, -0.2) is 15.0 Å². The number of hydrogen-bond donors (Lipinski definition) is 1. The molecular formula is C19H22FN3O2. The van der Waals surface area contributed by atoms with E-state index in [4.69, 9.17) is 10.6 Å². The van der Waals surface area contributed by atoms with Crippen molar-refractivity contribution in [3.63, 3.8) is 0 Å². The number of hydrazine groups is 1. The van der Waals surface area contributed by atoms with Gasteiger partial charge in [0, 0.05) is 6.54 Å². The van der Waals surface area contributed by atoms with E-state index >= 15 is 0 Å². The molecule has 1 unspecified atom stereocenters. The summed E-state index contributed by atoms with van der Waals surface area (Å²) >= 11 is 0. The van der Waals surface area contributed by atoms with E-state index in [0.29, 0.717) is 19.5 Å². The molecule has 0 radical (unpaired) electrons. The lowest BCUT2D eigenvalue weighted by atomic mass is 10.0. The minimum Gasteiger partial charge on any atom is -0.497 e. The van der Waals surface area contributed by atoms with Gasteiger partial charge in [0.1, 0.15) is 11.6 Å². The fourth-order valence-corrected chi connectivity index (χ4v) is 3.11. The van der Waals surface area contributed by atoms with Crippen LogP contribution in [-0.2, 0) is 12.8 Å². The molecule has 1 aliphatic rings.